The van der Waals surface area contributed by atoms with Crippen molar-refractivity contribution in [2.75, 3.05) is 13.2 Å². The molecule has 1 aliphatic carbocycles. The molecule has 0 fully saturated rings. The number of fused-ring (bicyclic) bond motifs is 3. The molecule has 0 spiro atoms. The van der Waals surface area contributed by atoms with Gasteiger partial charge in [0.05, 0.1) is 5.02 Å². The number of rotatable bonds is 6. The summed E-state index contributed by atoms with van der Waals surface area (Å²) < 4.78 is 5.51. The van der Waals surface area contributed by atoms with E-state index in [2.05, 4.69) is 29.6 Å². The lowest BCUT2D eigenvalue weighted by Crippen LogP contribution is -2.26. The Kier molecular flexibility index (Phi) is 6.19. The Morgan fingerprint density at radius 2 is 1.65 bits per heavy atom. The monoisotopic (exact) mass is 431 g/mol. The quantitative estimate of drug-likeness (QED) is 0.480. The van der Waals surface area contributed by atoms with Crippen LogP contribution in [0.3, 0.4) is 0 Å². The molecule has 0 aromatic heterocycles. The number of nitrogens with one attached hydrogen (secondary N) is 1. The van der Waals surface area contributed by atoms with Crippen molar-refractivity contribution in [1.29, 1.82) is 0 Å². The summed E-state index contributed by atoms with van der Waals surface area (Å²) in [6.07, 6.45) is 3.18. The maximum Gasteiger partial charge on any atom is 0.407 e. The highest BCUT2D eigenvalue weighted by Gasteiger charge is 2.28. The smallest absolute Gasteiger partial charge is 0.407 e. The van der Waals surface area contributed by atoms with E-state index >= 15 is 0 Å². The molecule has 156 valence electrons. The van der Waals surface area contributed by atoms with Gasteiger partial charge in [0.1, 0.15) is 6.61 Å². The van der Waals surface area contributed by atoms with Gasteiger partial charge < -0.3 is 10.1 Å². The Bertz CT molecular complexity index is 1120. The fourth-order valence-electron chi connectivity index (χ4n) is 3.91. The highest BCUT2D eigenvalue weighted by Crippen LogP contribution is 2.44. The van der Waals surface area contributed by atoms with Gasteiger partial charge in [0.2, 0.25) is 0 Å². The third-order valence-corrected chi connectivity index (χ3v) is 5.70. The molecule has 0 saturated heterocycles. The second kappa shape index (κ2) is 9.19. The lowest BCUT2D eigenvalue weighted by Gasteiger charge is -2.14. The number of hydrogen-bond acceptors (Lipinski definition) is 3. The third kappa shape index (κ3) is 4.54. The number of carbonyl (C=O) groups is 2. The van der Waals surface area contributed by atoms with Crippen LogP contribution in [0, 0.1) is 0 Å². The van der Waals surface area contributed by atoms with Gasteiger partial charge >= 0.3 is 6.09 Å². The zero-order chi connectivity index (χ0) is 21.8. The van der Waals surface area contributed by atoms with Gasteiger partial charge in [-0.2, -0.15) is 0 Å². The Morgan fingerprint density at radius 1 is 1.00 bits per heavy atom. The molecule has 0 aliphatic heterocycles. The second-order valence-electron chi connectivity index (χ2n) is 7.40. The summed E-state index contributed by atoms with van der Waals surface area (Å²) in [4.78, 5) is 23.6. The summed E-state index contributed by atoms with van der Waals surface area (Å²) in [5, 5.41) is 3.15. The maximum absolute atomic E-state index is 12.2. The van der Waals surface area contributed by atoms with Crippen LogP contribution in [-0.4, -0.2) is 25.0 Å². The number of hydrogen-bond donors (Lipinski definition) is 1. The van der Waals surface area contributed by atoms with Gasteiger partial charge in [-0.25, -0.2) is 4.79 Å². The number of amides is 1. The van der Waals surface area contributed by atoms with Crippen molar-refractivity contribution in [1.82, 2.24) is 5.32 Å². The Hall–Kier alpha value is -3.37. The molecule has 1 amide bonds. The topological polar surface area (TPSA) is 55.4 Å². The molecule has 1 aliphatic rings. The van der Waals surface area contributed by atoms with E-state index in [1.54, 1.807) is 18.2 Å². The van der Waals surface area contributed by atoms with Gasteiger partial charge in [0.25, 0.3) is 0 Å². The standard InChI is InChI=1S/C26H22ClNO3/c1-17(29)19-13-12-18(15-25(19)27)7-6-14-28-26(30)31-16-24-22-10-4-2-8-20(22)21-9-3-5-11-23(21)24/h2-13,15,24H,14,16H2,1H3,(H,28,30). The van der Waals surface area contributed by atoms with Crippen molar-refractivity contribution < 1.29 is 14.3 Å². The van der Waals surface area contributed by atoms with E-state index in [9.17, 15) is 9.59 Å². The van der Waals surface area contributed by atoms with Crippen LogP contribution in [0.25, 0.3) is 17.2 Å². The van der Waals surface area contributed by atoms with Crippen molar-refractivity contribution in [3.8, 4) is 11.1 Å². The number of ether oxygens (including phenoxy) is 1. The van der Waals surface area contributed by atoms with Crippen LogP contribution >= 0.6 is 11.6 Å². The Morgan fingerprint density at radius 3 is 2.26 bits per heavy atom. The largest absolute Gasteiger partial charge is 0.449 e. The van der Waals surface area contributed by atoms with E-state index in [0.29, 0.717) is 17.1 Å². The van der Waals surface area contributed by atoms with E-state index in [-0.39, 0.29) is 18.3 Å². The van der Waals surface area contributed by atoms with Crippen LogP contribution in [0.5, 0.6) is 0 Å². The average Bonchev–Trinajstić information content (AvgIpc) is 3.09. The molecular formula is C26H22ClNO3. The SMILES string of the molecule is CC(=O)c1ccc(C=CCNC(=O)OCC2c3ccccc3-c3ccccc32)cc1Cl. The predicted molar refractivity (Wildman–Crippen MR) is 124 cm³/mol. The molecule has 0 heterocycles. The van der Waals surface area contributed by atoms with Crippen LogP contribution in [0.4, 0.5) is 4.79 Å². The summed E-state index contributed by atoms with van der Waals surface area (Å²) in [5.41, 5.74) is 6.11. The van der Waals surface area contributed by atoms with E-state index in [0.717, 1.165) is 5.56 Å². The first-order chi connectivity index (χ1) is 15.0. The van der Waals surface area contributed by atoms with Crippen LogP contribution in [0.2, 0.25) is 5.02 Å². The normalized spacial score (nSPS) is 12.5. The first-order valence-electron chi connectivity index (χ1n) is 10.1. The van der Waals surface area contributed by atoms with Crippen molar-refractivity contribution in [2.45, 2.75) is 12.8 Å². The molecule has 5 heteroatoms. The van der Waals surface area contributed by atoms with Crippen molar-refractivity contribution in [3.05, 3.63) is 100 Å². The van der Waals surface area contributed by atoms with Gasteiger partial charge in [-0.1, -0.05) is 78.4 Å². The zero-order valence-electron chi connectivity index (χ0n) is 17.1. The van der Waals surface area contributed by atoms with Crippen LogP contribution in [-0.2, 0) is 4.74 Å². The third-order valence-electron chi connectivity index (χ3n) is 5.39. The number of halogens is 1. The van der Waals surface area contributed by atoms with Crippen molar-refractivity contribution in [2.24, 2.45) is 0 Å². The fraction of sp³-hybridized carbons (Fsp3) is 0.154. The van der Waals surface area contributed by atoms with Gasteiger partial charge in [-0.15, -0.1) is 0 Å². The van der Waals surface area contributed by atoms with E-state index in [4.69, 9.17) is 16.3 Å². The first kappa shape index (κ1) is 20.9. The Labute approximate surface area is 186 Å². The number of alkyl carbamates (subject to hydrolysis) is 1. The van der Waals surface area contributed by atoms with E-state index in [1.165, 1.54) is 29.2 Å². The first-order valence-corrected chi connectivity index (χ1v) is 10.5. The van der Waals surface area contributed by atoms with E-state index < -0.39 is 6.09 Å². The molecule has 0 radical (unpaired) electrons. The molecule has 4 nitrogen and oxygen atoms in total. The zero-order valence-corrected chi connectivity index (χ0v) is 17.9. The highest BCUT2D eigenvalue weighted by atomic mass is 35.5. The molecule has 31 heavy (non-hydrogen) atoms. The fourth-order valence-corrected chi connectivity index (χ4v) is 4.23. The van der Waals surface area contributed by atoms with Gasteiger partial charge in [0, 0.05) is 18.0 Å². The molecule has 3 aromatic rings. The molecule has 0 unspecified atom stereocenters. The van der Waals surface area contributed by atoms with E-state index in [1.807, 2.05) is 36.4 Å². The maximum atomic E-state index is 12.2. The number of ketones is 1. The lowest BCUT2D eigenvalue weighted by molar-refractivity contribution is 0.101. The van der Waals surface area contributed by atoms with Crippen molar-refractivity contribution >= 4 is 29.6 Å². The summed E-state index contributed by atoms with van der Waals surface area (Å²) in [6, 6.07) is 21.7. The minimum absolute atomic E-state index is 0.0376. The highest BCUT2D eigenvalue weighted by molar-refractivity contribution is 6.34. The molecule has 4 rings (SSSR count). The molecule has 0 bridgehead atoms. The summed E-state index contributed by atoms with van der Waals surface area (Å²) in [5.74, 6) is -0.0342. The van der Waals surface area contributed by atoms with Gasteiger partial charge in [0.15, 0.2) is 5.78 Å². The number of carbonyl (C=O) groups excluding carboxylic acids is 2. The van der Waals surface area contributed by atoms with Crippen LogP contribution in [0.1, 0.15) is 39.9 Å². The molecule has 1 N–H and O–H groups in total. The second-order valence-corrected chi connectivity index (χ2v) is 7.81. The number of Topliss-reactive ketones (excluding diaryl/α,β-unsaturated/α-hetero) is 1. The van der Waals surface area contributed by atoms with Gasteiger partial charge in [-0.3, -0.25) is 4.79 Å². The van der Waals surface area contributed by atoms with Gasteiger partial charge in [-0.05, 0) is 46.9 Å². The molecule has 0 saturated carbocycles. The summed E-state index contributed by atoms with van der Waals surface area (Å²) >= 11 is 6.12. The van der Waals surface area contributed by atoms with Crippen molar-refractivity contribution in [3.63, 3.8) is 0 Å². The molecular weight excluding hydrogens is 410 g/mol. The van der Waals surface area contributed by atoms with Crippen LogP contribution in [0.15, 0.2) is 72.8 Å². The lowest BCUT2D eigenvalue weighted by atomic mass is 9.98. The minimum Gasteiger partial charge on any atom is -0.449 e. The van der Waals surface area contributed by atoms with Crippen LogP contribution < -0.4 is 5.32 Å². The predicted octanol–water partition coefficient (Wildman–Crippen LogP) is 6.09. The minimum atomic E-state index is -0.462. The molecule has 0 atom stereocenters. The summed E-state index contributed by atoms with van der Waals surface area (Å²) in [6.45, 7) is 2.09. The number of benzene rings is 3. The molecule has 3 aromatic carbocycles. The Balaban J connectivity index is 1.32. The average molecular weight is 432 g/mol. The summed E-state index contributed by atoms with van der Waals surface area (Å²) in [7, 11) is 0.